The molecule has 42 heavy (non-hydrogen) atoms. The molecule has 1 aliphatic heterocycles. The first-order chi connectivity index (χ1) is 20.7. The van der Waals surface area contributed by atoms with Gasteiger partial charge < -0.3 is 10.6 Å². The van der Waals surface area contributed by atoms with Crippen molar-refractivity contribution in [2.45, 2.75) is 0 Å². The molecule has 0 bridgehead atoms. The second kappa shape index (κ2) is 11.1. The molecule has 0 amide bonds. The van der Waals surface area contributed by atoms with Crippen LogP contribution in [0.4, 0.5) is 22.7 Å². The van der Waals surface area contributed by atoms with Gasteiger partial charge >= 0.3 is 0 Å². The number of hydrogen-bond acceptors (Lipinski definition) is 2. The second-order valence-electron chi connectivity index (χ2n) is 10.5. The number of nitrogens with zero attached hydrogens (tertiary/aromatic N) is 1. The largest absolute Gasteiger partial charge is 0.399 e. The second-order valence-corrected chi connectivity index (χ2v) is 10.5. The monoisotopic (exact) mass is 538 g/mol. The summed E-state index contributed by atoms with van der Waals surface area (Å²) in [5.74, 6) is 0. The summed E-state index contributed by atoms with van der Waals surface area (Å²) >= 11 is 0. The lowest BCUT2D eigenvalue weighted by Gasteiger charge is -2.35. The van der Waals surface area contributed by atoms with Gasteiger partial charge in [-0.15, -0.1) is 0 Å². The molecule has 6 aromatic rings. The Morgan fingerprint density at radius 3 is 1.50 bits per heavy atom. The zero-order valence-electron chi connectivity index (χ0n) is 23.2. The van der Waals surface area contributed by atoms with Crippen molar-refractivity contribution in [1.82, 2.24) is 0 Å². The number of rotatable bonds is 5. The highest BCUT2D eigenvalue weighted by Gasteiger charge is 2.27. The number of fused-ring (bicyclic) bond motifs is 2. The van der Waals surface area contributed by atoms with Crippen molar-refractivity contribution in [3.05, 3.63) is 191 Å². The number of anilines is 4. The zero-order valence-corrected chi connectivity index (χ0v) is 23.2. The highest BCUT2D eigenvalue weighted by molar-refractivity contribution is 6.06. The molecule has 0 fully saturated rings. The molecule has 1 heterocycles. The summed E-state index contributed by atoms with van der Waals surface area (Å²) in [6.07, 6.45) is 4.54. The Hall–Kier alpha value is -5.60. The predicted molar refractivity (Wildman–Crippen MR) is 179 cm³/mol. The van der Waals surface area contributed by atoms with Crippen LogP contribution >= 0.6 is 0 Å². The van der Waals surface area contributed by atoms with E-state index in [4.69, 9.17) is 5.73 Å². The van der Waals surface area contributed by atoms with Crippen molar-refractivity contribution < 1.29 is 0 Å². The van der Waals surface area contributed by atoms with Crippen LogP contribution in [-0.2, 0) is 0 Å². The van der Waals surface area contributed by atoms with E-state index in [1.165, 1.54) is 33.4 Å². The molecular formula is C40H30N2. The van der Waals surface area contributed by atoms with Crippen LogP contribution in [0.1, 0.15) is 33.4 Å². The summed E-state index contributed by atoms with van der Waals surface area (Å²) < 4.78 is 0. The first-order valence-electron chi connectivity index (χ1n) is 14.2. The van der Waals surface area contributed by atoms with E-state index in [2.05, 4.69) is 163 Å². The van der Waals surface area contributed by atoms with Gasteiger partial charge in [-0.2, -0.15) is 0 Å². The van der Waals surface area contributed by atoms with Gasteiger partial charge in [0.25, 0.3) is 0 Å². The van der Waals surface area contributed by atoms with Crippen molar-refractivity contribution in [3.8, 4) is 0 Å². The average molecular weight is 539 g/mol. The molecule has 200 valence electrons. The Labute approximate surface area is 247 Å². The van der Waals surface area contributed by atoms with Crippen LogP contribution in [0.25, 0.3) is 23.3 Å². The maximum atomic E-state index is 5.96. The summed E-state index contributed by atoms with van der Waals surface area (Å²) in [6, 6.07) is 55.4. The third kappa shape index (κ3) is 4.91. The fraction of sp³-hybridized carbons (Fsp3) is 0. The van der Waals surface area contributed by atoms with Crippen molar-refractivity contribution in [2.75, 3.05) is 10.6 Å². The summed E-state index contributed by atoms with van der Waals surface area (Å²) in [6.45, 7) is 0. The molecule has 2 heteroatoms. The minimum Gasteiger partial charge on any atom is -0.399 e. The highest BCUT2D eigenvalue weighted by Crippen LogP contribution is 2.49. The molecular weight excluding hydrogens is 508 g/mol. The number of para-hydroxylation sites is 2. The minimum absolute atomic E-state index is 0.769. The molecule has 2 N–H and O–H groups in total. The van der Waals surface area contributed by atoms with Gasteiger partial charge in [0.15, 0.2) is 0 Å². The number of nitrogens with two attached hydrogens (primary N) is 1. The maximum Gasteiger partial charge on any atom is 0.0540 e. The van der Waals surface area contributed by atoms with Crippen molar-refractivity contribution in [3.63, 3.8) is 0 Å². The number of nitrogen functional groups attached to an aromatic ring is 1. The van der Waals surface area contributed by atoms with Crippen molar-refractivity contribution in [2.24, 2.45) is 0 Å². The van der Waals surface area contributed by atoms with Crippen LogP contribution < -0.4 is 10.6 Å². The Bertz CT molecular complexity index is 1810. The average Bonchev–Trinajstić information content (AvgIpc) is 3.06. The first kappa shape index (κ1) is 25.4. The molecule has 1 aliphatic rings. The summed E-state index contributed by atoms with van der Waals surface area (Å²) in [4.78, 5) is 2.37. The van der Waals surface area contributed by atoms with E-state index in [1.807, 2.05) is 12.1 Å². The van der Waals surface area contributed by atoms with E-state index >= 15 is 0 Å². The van der Waals surface area contributed by atoms with Crippen LogP contribution in [0, 0.1) is 0 Å². The van der Waals surface area contributed by atoms with Gasteiger partial charge in [0.1, 0.15) is 0 Å². The molecule has 0 atom stereocenters. The molecule has 0 unspecified atom stereocenters. The number of benzene rings is 6. The third-order valence-corrected chi connectivity index (χ3v) is 7.75. The van der Waals surface area contributed by atoms with Gasteiger partial charge in [-0.3, -0.25) is 0 Å². The van der Waals surface area contributed by atoms with Gasteiger partial charge in [0.05, 0.1) is 11.4 Å². The smallest absolute Gasteiger partial charge is 0.0540 e. The minimum atomic E-state index is 0.769. The topological polar surface area (TPSA) is 29.3 Å². The van der Waals surface area contributed by atoms with Crippen LogP contribution in [0.3, 0.4) is 0 Å². The molecule has 0 spiro atoms. The lowest BCUT2D eigenvalue weighted by molar-refractivity contribution is 1.24. The van der Waals surface area contributed by atoms with E-state index in [1.54, 1.807) is 0 Å². The van der Waals surface area contributed by atoms with Crippen LogP contribution in [-0.4, -0.2) is 0 Å². The van der Waals surface area contributed by atoms with Gasteiger partial charge in [-0.05, 0) is 82.0 Å². The highest BCUT2D eigenvalue weighted by atomic mass is 15.2. The maximum absolute atomic E-state index is 5.96. The van der Waals surface area contributed by atoms with Crippen molar-refractivity contribution >= 4 is 46.0 Å². The Balaban J connectivity index is 1.31. The lowest BCUT2D eigenvalue weighted by atomic mass is 9.88. The molecule has 0 radical (unpaired) electrons. The number of hydrogen-bond donors (Lipinski definition) is 1. The molecule has 0 saturated carbocycles. The standard InChI is InChI=1S/C40H30N2/c41-33-23-19-29(20-24-33)28-38-35-15-7-9-17-39(35)42(40-18-10-8-16-36(38)40)34-25-21-30(22-26-34)27-37(31-11-3-1-4-12-31)32-13-5-2-6-14-32/h1-28H,41H2. The molecule has 0 saturated heterocycles. The molecule has 0 aromatic heterocycles. The van der Waals surface area contributed by atoms with Gasteiger partial charge in [0, 0.05) is 22.5 Å². The first-order valence-corrected chi connectivity index (χ1v) is 14.2. The lowest BCUT2D eigenvalue weighted by Crippen LogP contribution is -2.17. The quantitative estimate of drug-likeness (QED) is 0.174. The molecule has 2 nitrogen and oxygen atoms in total. The summed E-state index contributed by atoms with van der Waals surface area (Å²) in [7, 11) is 0. The van der Waals surface area contributed by atoms with Gasteiger partial charge in [-0.1, -0.05) is 121 Å². The van der Waals surface area contributed by atoms with E-state index in [-0.39, 0.29) is 0 Å². The SMILES string of the molecule is Nc1ccc(C=C2c3ccccc3N(c3ccc(C=C(c4ccccc4)c4ccccc4)cc3)c3ccccc32)cc1. The fourth-order valence-electron chi connectivity index (χ4n) is 5.72. The molecule has 6 aromatic carbocycles. The molecule has 0 aliphatic carbocycles. The van der Waals surface area contributed by atoms with E-state index in [0.29, 0.717) is 0 Å². The Kier molecular flexibility index (Phi) is 6.71. The fourth-order valence-corrected chi connectivity index (χ4v) is 5.72. The van der Waals surface area contributed by atoms with Crippen LogP contribution in [0.5, 0.6) is 0 Å². The van der Waals surface area contributed by atoms with E-state index in [0.717, 1.165) is 33.9 Å². The predicted octanol–water partition coefficient (Wildman–Crippen LogP) is 10.2. The van der Waals surface area contributed by atoms with E-state index in [9.17, 15) is 0 Å². The van der Waals surface area contributed by atoms with Gasteiger partial charge in [0.2, 0.25) is 0 Å². The van der Waals surface area contributed by atoms with Crippen LogP contribution in [0.15, 0.2) is 158 Å². The van der Waals surface area contributed by atoms with Crippen molar-refractivity contribution in [1.29, 1.82) is 0 Å². The summed E-state index contributed by atoms with van der Waals surface area (Å²) in [5.41, 5.74) is 19.7. The Morgan fingerprint density at radius 2 is 0.952 bits per heavy atom. The van der Waals surface area contributed by atoms with Gasteiger partial charge in [-0.25, -0.2) is 0 Å². The Morgan fingerprint density at radius 1 is 0.476 bits per heavy atom. The van der Waals surface area contributed by atoms with Crippen LogP contribution in [0.2, 0.25) is 0 Å². The normalized spacial score (nSPS) is 11.8. The zero-order chi connectivity index (χ0) is 28.3. The third-order valence-electron chi connectivity index (χ3n) is 7.75. The van der Waals surface area contributed by atoms with E-state index < -0.39 is 0 Å². The molecule has 7 rings (SSSR count). The summed E-state index contributed by atoms with van der Waals surface area (Å²) in [5, 5.41) is 0.